The number of hydrogen-bond donors (Lipinski definition) is 1. The molecule has 21 heavy (non-hydrogen) atoms. The molecule has 1 aromatic carbocycles. The van der Waals surface area contributed by atoms with Gasteiger partial charge in [0.05, 0.1) is 10.3 Å². The number of carbonyl (C=O) groups excluding carboxylic acids is 1. The number of nitrogens with one attached hydrogen (secondary N) is 1. The van der Waals surface area contributed by atoms with Gasteiger partial charge >= 0.3 is 0 Å². The molecule has 1 aromatic heterocycles. The summed E-state index contributed by atoms with van der Waals surface area (Å²) in [6.07, 6.45) is 1.00. The summed E-state index contributed by atoms with van der Waals surface area (Å²) in [6.45, 7) is 4.37. The molecule has 2 aromatic rings. The maximum Gasteiger partial charge on any atom is 0.254 e. The highest BCUT2D eigenvalue weighted by atomic mass is 79.9. The summed E-state index contributed by atoms with van der Waals surface area (Å²) in [4.78, 5) is 15.8. The van der Waals surface area contributed by atoms with E-state index in [-0.39, 0.29) is 5.91 Å². The van der Waals surface area contributed by atoms with Gasteiger partial charge in [-0.3, -0.25) is 4.79 Å². The average Bonchev–Trinajstić information content (AvgIpc) is 3.11. The molecule has 0 unspecified atom stereocenters. The predicted octanol–water partition coefficient (Wildman–Crippen LogP) is 4.14. The lowest BCUT2D eigenvalue weighted by Gasteiger charge is -2.20. The largest absolute Gasteiger partial charge is 0.384 e. The number of carbonyl (C=O) groups is 1. The fourth-order valence-electron chi connectivity index (χ4n) is 2.57. The first-order valence-corrected chi connectivity index (χ1v) is 8.68. The molecule has 0 fully saturated rings. The van der Waals surface area contributed by atoms with Gasteiger partial charge in [0.25, 0.3) is 5.91 Å². The molecule has 1 amide bonds. The Bertz CT molecular complexity index is 668. The first-order chi connectivity index (χ1) is 10.2. The van der Waals surface area contributed by atoms with E-state index in [1.165, 1.54) is 10.4 Å². The lowest BCUT2D eigenvalue weighted by Crippen LogP contribution is -2.30. The molecule has 110 valence electrons. The Morgan fingerprint density at radius 1 is 1.38 bits per heavy atom. The normalized spacial score (nSPS) is 12.9. The Hall–Kier alpha value is -1.33. The molecule has 0 spiro atoms. The minimum absolute atomic E-state index is 0.108. The van der Waals surface area contributed by atoms with E-state index in [2.05, 4.69) is 27.3 Å². The van der Waals surface area contributed by atoms with Gasteiger partial charge in [0.15, 0.2) is 0 Å². The number of rotatable bonds is 4. The molecular formula is C16H17BrN2OS. The molecular weight excluding hydrogens is 348 g/mol. The Morgan fingerprint density at radius 3 is 2.95 bits per heavy atom. The van der Waals surface area contributed by atoms with Crippen molar-refractivity contribution in [3.05, 3.63) is 50.1 Å². The van der Waals surface area contributed by atoms with Crippen LogP contribution in [0.15, 0.2) is 34.1 Å². The monoisotopic (exact) mass is 364 g/mol. The van der Waals surface area contributed by atoms with E-state index in [1.807, 2.05) is 36.1 Å². The summed E-state index contributed by atoms with van der Waals surface area (Å²) < 4.78 is 1.10. The summed E-state index contributed by atoms with van der Waals surface area (Å²) in [6, 6.07) is 10.1. The van der Waals surface area contributed by atoms with Crippen LogP contribution in [-0.2, 0) is 13.0 Å². The highest BCUT2D eigenvalue weighted by molar-refractivity contribution is 9.11. The molecule has 0 radical (unpaired) electrons. The van der Waals surface area contributed by atoms with Crippen LogP contribution in [-0.4, -0.2) is 23.9 Å². The van der Waals surface area contributed by atoms with Crippen molar-refractivity contribution in [3.8, 4) is 0 Å². The number of hydrogen-bond acceptors (Lipinski definition) is 3. The number of amides is 1. The Kier molecular flexibility index (Phi) is 4.31. The van der Waals surface area contributed by atoms with E-state index < -0.39 is 0 Å². The summed E-state index contributed by atoms with van der Waals surface area (Å²) in [5.41, 5.74) is 3.20. The van der Waals surface area contributed by atoms with E-state index in [9.17, 15) is 4.79 Å². The molecule has 3 nitrogen and oxygen atoms in total. The number of thiophene rings is 1. The van der Waals surface area contributed by atoms with E-state index >= 15 is 0 Å². The van der Waals surface area contributed by atoms with Crippen LogP contribution in [0.5, 0.6) is 0 Å². The number of fused-ring (bicyclic) bond motifs is 1. The average molecular weight is 365 g/mol. The van der Waals surface area contributed by atoms with Crippen molar-refractivity contribution in [2.75, 3.05) is 18.4 Å². The molecule has 0 aliphatic carbocycles. The summed E-state index contributed by atoms with van der Waals surface area (Å²) >= 11 is 5.14. The molecule has 0 bridgehead atoms. The minimum atomic E-state index is 0.108. The number of anilines is 1. The fourth-order valence-corrected chi connectivity index (χ4v) is 4.07. The van der Waals surface area contributed by atoms with Gasteiger partial charge in [0.2, 0.25) is 0 Å². The lowest BCUT2D eigenvalue weighted by molar-refractivity contribution is 0.0754. The van der Waals surface area contributed by atoms with Crippen LogP contribution in [0.25, 0.3) is 0 Å². The molecule has 2 heterocycles. The third-order valence-corrected chi connectivity index (χ3v) is 5.31. The zero-order chi connectivity index (χ0) is 14.8. The Labute approximate surface area is 137 Å². The fraction of sp³-hybridized carbons (Fsp3) is 0.312. The molecule has 0 saturated heterocycles. The molecule has 1 aliphatic heterocycles. The predicted molar refractivity (Wildman–Crippen MR) is 91.1 cm³/mol. The molecule has 1 N–H and O–H groups in total. The van der Waals surface area contributed by atoms with Crippen molar-refractivity contribution >= 4 is 38.9 Å². The van der Waals surface area contributed by atoms with Gasteiger partial charge in [-0.05, 0) is 65.2 Å². The van der Waals surface area contributed by atoms with Crippen molar-refractivity contribution in [3.63, 3.8) is 0 Å². The summed E-state index contributed by atoms with van der Waals surface area (Å²) in [5, 5.41) is 3.32. The first-order valence-electron chi connectivity index (χ1n) is 7.07. The van der Waals surface area contributed by atoms with Crippen LogP contribution < -0.4 is 5.32 Å². The van der Waals surface area contributed by atoms with Crippen LogP contribution in [0.4, 0.5) is 5.69 Å². The van der Waals surface area contributed by atoms with Crippen LogP contribution >= 0.6 is 27.3 Å². The van der Waals surface area contributed by atoms with E-state index in [0.29, 0.717) is 13.1 Å². The molecule has 0 saturated carbocycles. The topological polar surface area (TPSA) is 32.3 Å². The van der Waals surface area contributed by atoms with Crippen LogP contribution in [0.3, 0.4) is 0 Å². The van der Waals surface area contributed by atoms with E-state index in [1.54, 1.807) is 11.3 Å². The summed E-state index contributed by atoms with van der Waals surface area (Å²) in [7, 11) is 0. The third-order valence-electron chi connectivity index (χ3n) is 3.71. The van der Waals surface area contributed by atoms with Gasteiger partial charge in [0, 0.05) is 29.2 Å². The Balaban J connectivity index is 1.78. The standard InChI is InChI=1S/C16H17BrN2OS/c1-2-19(10-13-4-6-15(17)21-13)16(20)12-3-5-14-11(9-12)7-8-18-14/h3-6,9,18H,2,7-8,10H2,1H3. The summed E-state index contributed by atoms with van der Waals surface area (Å²) in [5.74, 6) is 0.108. The first kappa shape index (κ1) is 14.6. The van der Waals surface area contributed by atoms with Crippen LogP contribution in [0.2, 0.25) is 0 Å². The molecule has 1 aliphatic rings. The van der Waals surface area contributed by atoms with Gasteiger partial charge in [-0.25, -0.2) is 0 Å². The van der Waals surface area contributed by atoms with Crippen LogP contribution in [0, 0.1) is 0 Å². The SMILES string of the molecule is CCN(Cc1ccc(Br)s1)C(=O)c1ccc2c(c1)CCN2. The highest BCUT2D eigenvalue weighted by Gasteiger charge is 2.18. The maximum absolute atomic E-state index is 12.7. The number of nitrogens with zero attached hydrogens (tertiary/aromatic N) is 1. The number of halogens is 1. The van der Waals surface area contributed by atoms with Gasteiger partial charge in [0.1, 0.15) is 0 Å². The van der Waals surface area contributed by atoms with Crippen molar-refractivity contribution in [1.82, 2.24) is 4.90 Å². The molecule has 5 heteroatoms. The smallest absolute Gasteiger partial charge is 0.254 e. The maximum atomic E-state index is 12.7. The third kappa shape index (κ3) is 3.14. The van der Waals surface area contributed by atoms with Crippen molar-refractivity contribution in [2.24, 2.45) is 0 Å². The van der Waals surface area contributed by atoms with Gasteiger partial charge in [-0.2, -0.15) is 0 Å². The van der Waals surface area contributed by atoms with Crippen LogP contribution in [0.1, 0.15) is 27.7 Å². The number of benzene rings is 1. The Morgan fingerprint density at radius 2 is 2.24 bits per heavy atom. The van der Waals surface area contributed by atoms with Crippen molar-refractivity contribution in [1.29, 1.82) is 0 Å². The zero-order valence-electron chi connectivity index (χ0n) is 11.9. The molecule has 0 atom stereocenters. The van der Waals surface area contributed by atoms with Gasteiger partial charge in [-0.15, -0.1) is 11.3 Å². The zero-order valence-corrected chi connectivity index (χ0v) is 14.3. The second-order valence-electron chi connectivity index (χ2n) is 5.07. The van der Waals surface area contributed by atoms with E-state index in [0.717, 1.165) is 28.0 Å². The minimum Gasteiger partial charge on any atom is -0.384 e. The van der Waals surface area contributed by atoms with E-state index in [4.69, 9.17) is 0 Å². The van der Waals surface area contributed by atoms with Gasteiger partial charge < -0.3 is 10.2 Å². The second-order valence-corrected chi connectivity index (χ2v) is 7.62. The lowest BCUT2D eigenvalue weighted by atomic mass is 10.1. The van der Waals surface area contributed by atoms with Gasteiger partial charge in [-0.1, -0.05) is 0 Å². The second kappa shape index (κ2) is 6.20. The quantitative estimate of drug-likeness (QED) is 0.883. The molecule has 3 rings (SSSR count). The van der Waals surface area contributed by atoms with Crippen molar-refractivity contribution in [2.45, 2.75) is 19.9 Å². The highest BCUT2D eigenvalue weighted by Crippen LogP contribution is 2.26. The van der Waals surface area contributed by atoms with Crippen molar-refractivity contribution < 1.29 is 4.79 Å².